The van der Waals surface area contributed by atoms with Crippen molar-refractivity contribution in [2.45, 2.75) is 19.1 Å². The molecule has 0 aromatic carbocycles. The van der Waals surface area contributed by atoms with Gasteiger partial charge in [0.05, 0.1) is 12.1 Å². The number of carbonyl (C=O) groups excluding carboxylic acids is 1. The monoisotopic (exact) mass is 225 g/mol. The van der Waals surface area contributed by atoms with Crippen LogP contribution in [0, 0.1) is 6.92 Å². The number of aryl methyl sites for hydroxylation is 1. The molecule has 1 aromatic rings. The van der Waals surface area contributed by atoms with E-state index < -0.39 is 6.10 Å². The first-order valence-electron chi connectivity index (χ1n) is 5.19. The molecule has 0 radical (unpaired) electrons. The number of likely N-dealkylation sites (N-methyl/N-ethyl adjacent to an activating group) is 1. The lowest BCUT2D eigenvalue weighted by atomic mass is 10.2. The SMILES string of the molecule is Cc1cc(C(=O)N(C)[C@H]2CNC[C@@H]2O)no1. The zero-order valence-corrected chi connectivity index (χ0v) is 9.30. The van der Waals surface area contributed by atoms with Gasteiger partial charge in [0.15, 0.2) is 5.69 Å². The molecular formula is C10H15N3O3. The summed E-state index contributed by atoms with van der Waals surface area (Å²) in [5.74, 6) is 0.367. The number of aliphatic hydroxyl groups is 1. The van der Waals surface area contributed by atoms with E-state index in [1.165, 1.54) is 4.90 Å². The largest absolute Gasteiger partial charge is 0.390 e. The fourth-order valence-corrected chi connectivity index (χ4v) is 1.84. The summed E-state index contributed by atoms with van der Waals surface area (Å²) in [5.41, 5.74) is 0.277. The highest BCUT2D eigenvalue weighted by Crippen LogP contribution is 2.12. The van der Waals surface area contributed by atoms with Crippen molar-refractivity contribution in [1.29, 1.82) is 0 Å². The zero-order chi connectivity index (χ0) is 11.7. The van der Waals surface area contributed by atoms with Crippen LogP contribution < -0.4 is 5.32 Å². The molecule has 6 nitrogen and oxygen atoms in total. The third-order valence-corrected chi connectivity index (χ3v) is 2.82. The molecule has 16 heavy (non-hydrogen) atoms. The lowest BCUT2D eigenvalue weighted by Gasteiger charge is -2.25. The van der Waals surface area contributed by atoms with E-state index in [9.17, 15) is 9.90 Å². The molecule has 2 N–H and O–H groups in total. The number of aliphatic hydroxyl groups excluding tert-OH is 1. The van der Waals surface area contributed by atoms with Crippen molar-refractivity contribution < 1.29 is 14.4 Å². The summed E-state index contributed by atoms with van der Waals surface area (Å²) in [7, 11) is 1.66. The van der Waals surface area contributed by atoms with Gasteiger partial charge in [-0.15, -0.1) is 0 Å². The smallest absolute Gasteiger partial charge is 0.276 e. The predicted molar refractivity (Wildman–Crippen MR) is 56.0 cm³/mol. The van der Waals surface area contributed by atoms with Crippen molar-refractivity contribution in [1.82, 2.24) is 15.4 Å². The number of nitrogens with zero attached hydrogens (tertiary/aromatic N) is 2. The Labute approximate surface area is 93.2 Å². The second-order valence-electron chi connectivity index (χ2n) is 4.03. The molecule has 0 unspecified atom stereocenters. The highest BCUT2D eigenvalue weighted by molar-refractivity contribution is 5.92. The summed E-state index contributed by atoms with van der Waals surface area (Å²) >= 11 is 0. The number of amides is 1. The van der Waals surface area contributed by atoms with Crippen LogP contribution in [-0.2, 0) is 0 Å². The van der Waals surface area contributed by atoms with Crippen LogP contribution in [0.2, 0.25) is 0 Å². The summed E-state index contributed by atoms with van der Waals surface area (Å²) in [6.45, 7) is 2.84. The number of carbonyl (C=O) groups is 1. The maximum atomic E-state index is 12.0. The Bertz CT molecular complexity index is 390. The van der Waals surface area contributed by atoms with Gasteiger partial charge < -0.3 is 19.8 Å². The standard InChI is InChI=1S/C10H15N3O3/c1-6-3-7(12-16-6)10(15)13(2)8-4-11-5-9(8)14/h3,8-9,11,14H,4-5H2,1-2H3/t8-,9-/m0/s1. The summed E-state index contributed by atoms with van der Waals surface area (Å²) in [6.07, 6.45) is -0.526. The number of rotatable bonds is 2. The van der Waals surface area contributed by atoms with E-state index in [0.29, 0.717) is 18.8 Å². The van der Waals surface area contributed by atoms with Crippen LogP contribution in [0.25, 0.3) is 0 Å². The van der Waals surface area contributed by atoms with Gasteiger partial charge in [0.2, 0.25) is 0 Å². The van der Waals surface area contributed by atoms with Crippen molar-refractivity contribution in [3.8, 4) is 0 Å². The predicted octanol–water partition coefficient (Wildman–Crippen LogP) is -0.612. The summed E-state index contributed by atoms with van der Waals surface area (Å²) < 4.78 is 4.85. The number of hydrogen-bond acceptors (Lipinski definition) is 5. The van der Waals surface area contributed by atoms with Gasteiger partial charge >= 0.3 is 0 Å². The molecule has 0 bridgehead atoms. The Kier molecular flexibility index (Phi) is 2.93. The van der Waals surface area contributed by atoms with Crippen molar-refractivity contribution >= 4 is 5.91 Å². The maximum absolute atomic E-state index is 12.0. The molecule has 1 fully saturated rings. The first kappa shape index (κ1) is 11.1. The van der Waals surface area contributed by atoms with E-state index in [-0.39, 0.29) is 17.6 Å². The van der Waals surface area contributed by atoms with Gasteiger partial charge in [0, 0.05) is 26.2 Å². The second-order valence-corrected chi connectivity index (χ2v) is 4.03. The first-order valence-corrected chi connectivity index (χ1v) is 5.19. The van der Waals surface area contributed by atoms with E-state index in [1.54, 1.807) is 20.0 Å². The highest BCUT2D eigenvalue weighted by Gasteiger charge is 2.32. The third kappa shape index (κ3) is 1.94. The summed E-state index contributed by atoms with van der Waals surface area (Å²) in [4.78, 5) is 13.5. The molecule has 0 spiro atoms. The van der Waals surface area contributed by atoms with Crippen molar-refractivity contribution in [3.05, 3.63) is 17.5 Å². The fraction of sp³-hybridized carbons (Fsp3) is 0.600. The molecule has 6 heteroatoms. The molecule has 2 heterocycles. The molecule has 1 aromatic heterocycles. The second kappa shape index (κ2) is 4.23. The Morgan fingerprint density at radius 3 is 2.94 bits per heavy atom. The fourth-order valence-electron chi connectivity index (χ4n) is 1.84. The van der Waals surface area contributed by atoms with Crippen molar-refractivity contribution in [2.75, 3.05) is 20.1 Å². The van der Waals surface area contributed by atoms with Gasteiger partial charge in [-0.25, -0.2) is 0 Å². The molecule has 1 amide bonds. The topological polar surface area (TPSA) is 78.6 Å². The number of aromatic nitrogens is 1. The van der Waals surface area contributed by atoms with Crippen LogP contribution in [0.3, 0.4) is 0 Å². The van der Waals surface area contributed by atoms with Crippen LogP contribution >= 0.6 is 0 Å². The average molecular weight is 225 g/mol. The Morgan fingerprint density at radius 1 is 1.69 bits per heavy atom. The lowest BCUT2D eigenvalue weighted by Crippen LogP contribution is -2.44. The van der Waals surface area contributed by atoms with Gasteiger partial charge in [-0.3, -0.25) is 4.79 Å². The first-order chi connectivity index (χ1) is 7.59. The van der Waals surface area contributed by atoms with Gasteiger partial charge in [-0.05, 0) is 6.92 Å². The molecule has 88 valence electrons. The quantitative estimate of drug-likeness (QED) is 0.702. The van der Waals surface area contributed by atoms with E-state index in [1.807, 2.05) is 0 Å². The number of β-amino-alcohol motifs (C(OH)–C–C–N with tert-alkyl or cyclic N) is 1. The van der Waals surface area contributed by atoms with Crippen LogP contribution in [-0.4, -0.2) is 53.4 Å². The minimum absolute atomic E-state index is 0.204. The summed E-state index contributed by atoms with van der Waals surface area (Å²) in [6, 6.07) is 1.39. The highest BCUT2D eigenvalue weighted by atomic mass is 16.5. The molecule has 0 saturated carbocycles. The van der Waals surface area contributed by atoms with Crippen molar-refractivity contribution in [3.63, 3.8) is 0 Å². The molecule has 0 aliphatic carbocycles. The Hall–Kier alpha value is -1.40. The van der Waals surface area contributed by atoms with Gasteiger partial charge in [-0.2, -0.15) is 0 Å². The molecule has 2 rings (SSSR count). The normalized spacial score (nSPS) is 24.7. The summed E-state index contributed by atoms with van der Waals surface area (Å²) in [5, 5.41) is 16.4. The minimum Gasteiger partial charge on any atom is -0.390 e. The number of hydrogen-bond donors (Lipinski definition) is 2. The van der Waals surface area contributed by atoms with Gasteiger partial charge in [0.25, 0.3) is 5.91 Å². The molecular weight excluding hydrogens is 210 g/mol. The lowest BCUT2D eigenvalue weighted by molar-refractivity contribution is 0.0572. The minimum atomic E-state index is -0.526. The van der Waals surface area contributed by atoms with E-state index in [2.05, 4.69) is 10.5 Å². The Balaban J connectivity index is 2.10. The molecule has 1 aliphatic rings. The average Bonchev–Trinajstić information content (AvgIpc) is 2.85. The maximum Gasteiger partial charge on any atom is 0.276 e. The molecule has 1 saturated heterocycles. The van der Waals surface area contributed by atoms with Gasteiger partial charge in [0.1, 0.15) is 5.76 Å². The molecule has 1 aliphatic heterocycles. The van der Waals surface area contributed by atoms with Gasteiger partial charge in [-0.1, -0.05) is 5.16 Å². The van der Waals surface area contributed by atoms with Crippen LogP contribution in [0.5, 0.6) is 0 Å². The van der Waals surface area contributed by atoms with E-state index in [4.69, 9.17) is 4.52 Å². The molecule has 2 atom stereocenters. The Morgan fingerprint density at radius 2 is 2.44 bits per heavy atom. The van der Waals surface area contributed by atoms with Crippen molar-refractivity contribution in [2.24, 2.45) is 0 Å². The number of nitrogens with one attached hydrogen (secondary N) is 1. The van der Waals surface area contributed by atoms with Crippen LogP contribution in [0.4, 0.5) is 0 Å². The van der Waals surface area contributed by atoms with Crippen LogP contribution in [0.15, 0.2) is 10.6 Å². The van der Waals surface area contributed by atoms with E-state index >= 15 is 0 Å². The van der Waals surface area contributed by atoms with E-state index in [0.717, 1.165) is 0 Å². The van der Waals surface area contributed by atoms with Crippen LogP contribution in [0.1, 0.15) is 16.2 Å². The third-order valence-electron chi connectivity index (χ3n) is 2.82. The zero-order valence-electron chi connectivity index (χ0n) is 9.30.